The van der Waals surface area contributed by atoms with Gasteiger partial charge in [0.1, 0.15) is 0 Å². The number of nitrogens with zero attached hydrogens (tertiary/aromatic N) is 2. The molecule has 1 heterocycles. The third kappa shape index (κ3) is 2.13. The number of aromatic nitrogens is 2. The highest BCUT2D eigenvalue weighted by Crippen LogP contribution is 2.49. The SMILES string of the molecule is CCn1cc(C2(O)CCCC(C3CC3)C2)cn1. The van der Waals surface area contributed by atoms with Crippen LogP contribution in [0, 0.1) is 11.8 Å². The van der Waals surface area contributed by atoms with E-state index in [0.717, 1.165) is 43.2 Å². The van der Waals surface area contributed by atoms with Crippen molar-refractivity contribution in [3.8, 4) is 0 Å². The second kappa shape index (κ2) is 4.13. The van der Waals surface area contributed by atoms with Gasteiger partial charge in [0, 0.05) is 18.3 Å². The van der Waals surface area contributed by atoms with Gasteiger partial charge in [-0.15, -0.1) is 0 Å². The van der Waals surface area contributed by atoms with E-state index in [-0.39, 0.29) is 0 Å². The Hall–Kier alpha value is -0.830. The van der Waals surface area contributed by atoms with E-state index >= 15 is 0 Å². The summed E-state index contributed by atoms with van der Waals surface area (Å²) in [5, 5.41) is 15.1. The minimum Gasteiger partial charge on any atom is -0.385 e. The molecule has 0 bridgehead atoms. The summed E-state index contributed by atoms with van der Waals surface area (Å²) in [5.41, 5.74) is 0.434. The Kier molecular flexibility index (Phi) is 2.74. The molecule has 1 N–H and O–H groups in total. The van der Waals surface area contributed by atoms with Gasteiger partial charge >= 0.3 is 0 Å². The summed E-state index contributed by atoms with van der Waals surface area (Å²) in [6.45, 7) is 2.96. The van der Waals surface area contributed by atoms with Crippen LogP contribution >= 0.6 is 0 Å². The lowest BCUT2D eigenvalue weighted by Gasteiger charge is -2.36. The van der Waals surface area contributed by atoms with Crippen molar-refractivity contribution in [2.45, 2.75) is 57.6 Å². The van der Waals surface area contributed by atoms with Crippen LogP contribution in [0.1, 0.15) is 51.0 Å². The van der Waals surface area contributed by atoms with Crippen LogP contribution in [0.25, 0.3) is 0 Å². The van der Waals surface area contributed by atoms with E-state index in [1.807, 2.05) is 17.1 Å². The van der Waals surface area contributed by atoms with Crippen LogP contribution < -0.4 is 0 Å². The molecule has 94 valence electrons. The molecule has 0 aromatic carbocycles. The number of hydrogen-bond donors (Lipinski definition) is 1. The average Bonchev–Trinajstić information content (AvgIpc) is 3.06. The molecule has 17 heavy (non-hydrogen) atoms. The van der Waals surface area contributed by atoms with E-state index in [9.17, 15) is 5.11 Å². The molecule has 0 amide bonds. The van der Waals surface area contributed by atoms with Crippen molar-refractivity contribution < 1.29 is 5.11 Å². The van der Waals surface area contributed by atoms with Crippen molar-refractivity contribution >= 4 is 0 Å². The zero-order chi connectivity index (χ0) is 11.9. The zero-order valence-corrected chi connectivity index (χ0v) is 10.6. The van der Waals surface area contributed by atoms with Crippen LogP contribution in [0.2, 0.25) is 0 Å². The fourth-order valence-electron chi connectivity index (χ4n) is 3.30. The van der Waals surface area contributed by atoms with Crippen LogP contribution in [-0.4, -0.2) is 14.9 Å². The van der Waals surface area contributed by atoms with Crippen LogP contribution in [0.15, 0.2) is 12.4 Å². The largest absolute Gasteiger partial charge is 0.385 e. The minimum atomic E-state index is -0.598. The van der Waals surface area contributed by atoms with Crippen molar-refractivity contribution in [1.29, 1.82) is 0 Å². The van der Waals surface area contributed by atoms with Gasteiger partial charge in [0.25, 0.3) is 0 Å². The van der Waals surface area contributed by atoms with E-state index in [2.05, 4.69) is 12.0 Å². The van der Waals surface area contributed by atoms with Gasteiger partial charge in [-0.2, -0.15) is 5.10 Å². The summed E-state index contributed by atoms with van der Waals surface area (Å²) < 4.78 is 1.91. The Bertz CT molecular complexity index is 397. The topological polar surface area (TPSA) is 38.0 Å². The summed E-state index contributed by atoms with van der Waals surface area (Å²) in [4.78, 5) is 0. The molecule has 2 aliphatic rings. The molecular weight excluding hydrogens is 212 g/mol. The molecule has 2 atom stereocenters. The summed E-state index contributed by atoms with van der Waals surface area (Å²) in [7, 11) is 0. The molecule has 3 nitrogen and oxygen atoms in total. The molecule has 2 fully saturated rings. The summed E-state index contributed by atoms with van der Waals surface area (Å²) in [6.07, 6.45) is 11.0. The highest BCUT2D eigenvalue weighted by Gasteiger charge is 2.42. The van der Waals surface area contributed by atoms with Gasteiger partial charge in [0.05, 0.1) is 11.8 Å². The third-order valence-electron chi connectivity index (χ3n) is 4.55. The lowest BCUT2D eigenvalue weighted by atomic mass is 9.73. The van der Waals surface area contributed by atoms with Gasteiger partial charge in [-0.1, -0.05) is 0 Å². The molecule has 2 aliphatic carbocycles. The predicted octanol–water partition coefficient (Wildman–Crippen LogP) is 2.69. The highest BCUT2D eigenvalue weighted by molar-refractivity contribution is 5.17. The number of hydrogen-bond acceptors (Lipinski definition) is 2. The highest BCUT2D eigenvalue weighted by atomic mass is 16.3. The quantitative estimate of drug-likeness (QED) is 0.873. The Morgan fingerprint density at radius 1 is 1.41 bits per heavy atom. The molecule has 2 unspecified atom stereocenters. The van der Waals surface area contributed by atoms with Crippen molar-refractivity contribution in [1.82, 2.24) is 9.78 Å². The van der Waals surface area contributed by atoms with Crippen LogP contribution in [0.3, 0.4) is 0 Å². The Labute approximate surface area is 103 Å². The van der Waals surface area contributed by atoms with Gasteiger partial charge in [-0.05, 0) is 57.3 Å². The maximum atomic E-state index is 10.8. The van der Waals surface area contributed by atoms with Crippen LogP contribution in [-0.2, 0) is 12.1 Å². The lowest BCUT2D eigenvalue weighted by molar-refractivity contribution is -0.0252. The van der Waals surface area contributed by atoms with Crippen molar-refractivity contribution in [3.05, 3.63) is 18.0 Å². The van der Waals surface area contributed by atoms with Crippen molar-refractivity contribution in [2.24, 2.45) is 11.8 Å². The van der Waals surface area contributed by atoms with Crippen molar-refractivity contribution in [3.63, 3.8) is 0 Å². The van der Waals surface area contributed by atoms with E-state index < -0.39 is 5.60 Å². The molecule has 2 saturated carbocycles. The standard InChI is InChI=1S/C14H22N2O/c1-2-16-10-13(9-15-16)14(17)7-3-4-12(8-14)11-5-6-11/h9-12,17H,2-8H2,1H3. The normalized spacial score (nSPS) is 33.9. The molecule has 0 radical (unpaired) electrons. The number of rotatable bonds is 3. The maximum absolute atomic E-state index is 10.8. The molecule has 0 aliphatic heterocycles. The minimum absolute atomic E-state index is 0.598. The smallest absolute Gasteiger partial charge is 0.0929 e. The Morgan fingerprint density at radius 3 is 2.88 bits per heavy atom. The van der Waals surface area contributed by atoms with Crippen LogP contribution in [0.5, 0.6) is 0 Å². The first-order valence-corrected chi connectivity index (χ1v) is 6.96. The van der Waals surface area contributed by atoms with Gasteiger partial charge in [0.15, 0.2) is 0 Å². The first-order valence-electron chi connectivity index (χ1n) is 6.96. The molecular formula is C14H22N2O. The number of aliphatic hydroxyl groups is 1. The van der Waals surface area contributed by atoms with Gasteiger partial charge in [-0.25, -0.2) is 0 Å². The molecule has 3 rings (SSSR count). The van der Waals surface area contributed by atoms with Gasteiger partial charge in [0.2, 0.25) is 0 Å². The summed E-state index contributed by atoms with van der Waals surface area (Å²) in [5.74, 6) is 1.65. The van der Waals surface area contributed by atoms with E-state index in [4.69, 9.17) is 0 Å². The lowest BCUT2D eigenvalue weighted by Crippen LogP contribution is -2.33. The van der Waals surface area contributed by atoms with E-state index in [1.54, 1.807) is 0 Å². The Balaban J connectivity index is 1.78. The van der Waals surface area contributed by atoms with Gasteiger partial charge in [-0.3, -0.25) is 4.68 Å². The van der Waals surface area contributed by atoms with Crippen LogP contribution in [0.4, 0.5) is 0 Å². The second-order valence-electron chi connectivity index (χ2n) is 5.81. The first kappa shape index (κ1) is 11.3. The van der Waals surface area contributed by atoms with Gasteiger partial charge < -0.3 is 5.11 Å². The molecule has 1 aromatic heterocycles. The van der Waals surface area contributed by atoms with E-state index in [1.165, 1.54) is 19.3 Å². The molecule has 1 aromatic rings. The molecule has 3 heteroatoms. The van der Waals surface area contributed by atoms with Crippen molar-refractivity contribution in [2.75, 3.05) is 0 Å². The molecule has 0 saturated heterocycles. The maximum Gasteiger partial charge on any atom is 0.0929 e. The Morgan fingerprint density at radius 2 is 2.24 bits per heavy atom. The number of aryl methyl sites for hydroxylation is 1. The summed E-state index contributed by atoms with van der Waals surface area (Å²) in [6, 6.07) is 0. The fraction of sp³-hybridized carbons (Fsp3) is 0.786. The second-order valence-corrected chi connectivity index (χ2v) is 5.81. The monoisotopic (exact) mass is 234 g/mol. The average molecular weight is 234 g/mol. The van der Waals surface area contributed by atoms with E-state index in [0.29, 0.717) is 0 Å². The third-order valence-corrected chi connectivity index (χ3v) is 4.55. The fourth-order valence-corrected chi connectivity index (χ4v) is 3.30. The summed E-state index contributed by atoms with van der Waals surface area (Å²) >= 11 is 0. The predicted molar refractivity (Wildman–Crippen MR) is 66.5 cm³/mol. The first-order chi connectivity index (χ1) is 8.21. The molecule has 0 spiro atoms. The zero-order valence-electron chi connectivity index (χ0n) is 10.6.